The molecule has 1 heterocycles. The topological polar surface area (TPSA) is 54.7 Å². The van der Waals surface area contributed by atoms with Gasteiger partial charge in [0.05, 0.1) is 16.8 Å². The first kappa shape index (κ1) is 18.7. The maximum atomic E-state index is 14.4. The molecule has 5 nitrogen and oxygen atoms in total. The first-order valence-corrected chi connectivity index (χ1v) is 7.94. The molecular formula is C17H24BFN2O3. The second-order valence-electron chi connectivity index (χ2n) is 7.22. The van der Waals surface area contributed by atoms with E-state index in [9.17, 15) is 9.65 Å². The lowest BCUT2D eigenvalue weighted by atomic mass is 9.78. The quantitative estimate of drug-likeness (QED) is 0.771. The van der Waals surface area contributed by atoms with Gasteiger partial charge < -0.3 is 18.9 Å². The Morgan fingerprint density at radius 3 is 2.29 bits per heavy atom. The summed E-state index contributed by atoms with van der Waals surface area (Å²) in [6.45, 7) is 8.71. The van der Waals surface area contributed by atoms with E-state index in [0.717, 1.165) is 0 Å². The summed E-state index contributed by atoms with van der Waals surface area (Å²) in [5, 5.41) is 9.20. The average Bonchev–Trinajstić information content (AvgIpc) is 2.67. The summed E-state index contributed by atoms with van der Waals surface area (Å²) in [5.74, 6) is -0.199. The van der Waals surface area contributed by atoms with E-state index < -0.39 is 24.1 Å². The second kappa shape index (κ2) is 6.71. The molecule has 2 rings (SSSR count). The van der Waals surface area contributed by atoms with Crippen molar-refractivity contribution in [2.24, 2.45) is 0 Å². The maximum Gasteiger partial charge on any atom is 0.497 e. The smallest absolute Gasteiger partial charge is 0.491 e. The lowest BCUT2D eigenvalue weighted by Gasteiger charge is -2.32. The number of ether oxygens (including phenoxy) is 1. The van der Waals surface area contributed by atoms with Gasteiger partial charge in [-0.3, -0.25) is 0 Å². The van der Waals surface area contributed by atoms with Crippen molar-refractivity contribution >= 4 is 12.6 Å². The lowest BCUT2D eigenvalue weighted by molar-refractivity contribution is 0.00578. The van der Waals surface area contributed by atoms with E-state index in [4.69, 9.17) is 14.0 Å². The van der Waals surface area contributed by atoms with Crippen LogP contribution in [0.1, 0.15) is 33.3 Å². The highest BCUT2D eigenvalue weighted by molar-refractivity contribution is 6.62. The third kappa shape index (κ3) is 3.72. The predicted molar refractivity (Wildman–Crippen MR) is 90.9 cm³/mol. The van der Waals surface area contributed by atoms with Crippen LogP contribution >= 0.6 is 0 Å². The Morgan fingerprint density at radius 2 is 1.79 bits per heavy atom. The summed E-state index contributed by atoms with van der Waals surface area (Å²) in [6, 6.07) is 4.64. The zero-order chi connectivity index (χ0) is 18.1. The number of nitrogens with zero attached hydrogens (tertiary/aromatic N) is 2. The van der Waals surface area contributed by atoms with Gasteiger partial charge in [-0.2, -0.15) is 5.26 Å². The van der Waals surface area contributed by atoms with Crippen LogP contribution in [0.4, 0.5) is 4.39 Å². The van der Waals surface area contributed by atoms with Crippen LogP contribution in [0.3, 0.4) is 0 Å². The molecule has 130 valence electrons. The Morgan fingerprint density at radius 1 is 1.21 bits per heavy atom. The molecule has 0 N–H and O–H groups in total. The van der Waals surface area contributed by atoms with Gasteiger partial charge in [-0.25, -0.2) is 4.39 Å². The van der Waals surface area contributed by atoms with Gasteiger partial charge in [0, 0.05) is 12.0 Å². The molecule has 0 bridgehead atoms. The van der Waals surface area contributed by atoms with Crippen LogP contribution in [0, 0.1) is 17.1 Å². The van der Waals surface area contributed by atoms with Crippen LogP contribution in [0.25, 0.3) is 0 Å². The second-order valence-corrected chi connectivity index (χ2v) is 7.22. The number of benzene rings is 1. The molecule has 7 heteroatoms. The van der Waals surface area contributed by atoms with Crippen molar-refractivity contribution in [3.8, 4) is 11.8 Å². The highest BCUT2D eigenvalue weighted by Gasteiger charge is 2.52. The van der Waals surface area contributed by atoms with Gasteiger partial charge in [0.1, 0.15) is 24.2 Å². The average molecular weight is 334 g/mol. The zero-order valence-electron chi connectivity index (χ0n) is 15.1. The molecule has 0 spiro atoms. The highest BCUT2D eigenvalue weighted by Crippen LogP contribution is 2.37. The van der Waals surface area contributed by atoms with Crippen LogP contribution in [-0.4, -0.2) is 50.5 Å². The SMILES string of the molecule is CN(C)CCOc1cc(B2OC(C)(C)C(C)(C)O2)c(F)cc1C#N. The Hall–Kier alpha value is -1.62. The number of rotatable bonds is 5. The number of hydrogen-bond acceptors (Lipinski definition) is 5. The third-order valence-corrected chi connectivity index (χ3v) is 4.52. The summed E-state index contributed by atoms with van der Waals surface area (Å²) < 4.78 is 31.9. The fourth-order valence-corrected chi connectivity index (χ4v) is 2.26. The Kier molecular flexibility index (Phi) is 5.24. The number of likely N-dealkylation sites (N-methyl/N-ethyl adjacent to an activating group) is 1. The van der Waals surface area contributed by atoms with Gasteiger partial charge >= 0.3 is 7.12 Å². The van der Waals surface area contributed by atoms with Gasteiger partial charge in [-0.05, 0) is 53.9 Å². The summed E-state index contributed by atoms with van der Waals surface area (Å²) >= 11 is 0. The Bertz CT molecular complexity index is 640. The van der Waals surface area contributed by atoms with E-state index >= 15 is 0 Å². The van der Waals surface area contributed by atoms with Crippen molar-refractivity contribution in [3.63, 3.8) is 0 Å². The van der Waals surface area contributed by atoms with Crippen molar-refractivity contribution < 1.29 is 18.4 Å². The van der Waals surface area contributed by atoms with Crippen LogP contribution in [0.5, 0.6) is 5.75 Å². The molecule has 0 unspecified atom stereocenters. The molecule has 1 aromatic rings. The molecule has 1 aliphatic heterocycles. The summed E-state index contributed by atoms with van der Waals surface area (Å²) in [4.78, 5) is 1.96. The molecule has 1 aromatic carbocycles. The van der Waals surface area contributed by atoms with Crippen LogP contribution < -0.4 is 10.2 Å². The minimum atomic E-state index is -0.834. The normalized spacial score (nSPS) is 18.7. The largest absolute Gasteiger partial charge is 0.497 e. The van der Waals surface area contributed by atoms with Crippen molar-refractivity contribution in [1.82, 2.24) is 4.90 Å². The van der Waals surface area contributed by atoms with Crippen LogP contribution in [0.15, 0.2) is 12.1 Å². The zero-order valence-corrected chi connectivity index (χ0v) is 15.1. The van der Waals surface area contributed by atoms with Gasteiger partial charge in [0.15, 0.2) is 0 Å². The van der Waals surface area contributed by atoms with Gasteiger partial charge in [-0.15, -0.1) is 0 Å². The molecule has 1 aliphatic rings. The van der Waals surface area contributed by atoms with E-state index in [2.05, 4.69) is 0 Å². The van der Waals surface area contributed by atoms with Crippen LogP contribution in [0.2, 0.25) is 0 Å². The standard InChI is InChI=1S/C17H24BFN2O3/c1-16(2)17(3,4)24-18(23-16)13-10-15(22-8-7-21(5)6)12(11-20)9-14(13)19/h9-10H,7-8H2,1-6H3. The van der Waals surface area contributed by atoms with E-state index in [1.165, 1.54) is 12.1 Å². The van der Waals surface area contributed by atoms with Crippen molar-refractivity contribution in [1.29, 1.82) is 5.26 Å². The van der Waals surface area contributed by atoms with E-state index in [0.29, 0.717) is 18.9 Å². The summed E-state index contributed by atoms with van der Waals surface area (Å²) in [6.07, 6.45) is 0. The van der Waals surface area contributed by atoms with Gasteiger partial charge in [-0.1, -0.05) is 0 Å². The number of hydrogen-bond donors (Lipinski definition) is 0. The minimum absolute atomic E-state index is 0.159. The molecular weight excluding hydrogens is 310 g/mol. The van der Waals surface area contributed by atoms with Gasteiger partial charge in [0.2, 0.25) is 0 Å². The highest BCUT2D eigenvalue weighted by atomic mass is 19.1. The van der Waals surface area contributed by atoms with E-state index in [1.807, 2.05) is 52.8 Å². The predicted octanol–water partition coefficient (Wildman–Crippen LogP) is 1.94. The van der Waals surface area contributed by atoms with E-state index in [1.54, 1.807) is 0 Å². The Labute approximate surface area is 143 Å². The van der Waals surface area contributed by atoms with Crippen molar-refractivity contribution in [2.75, 3.05) is 27.2 Å². The molecule has 1 fully saturated rings. The summed E-state index contributed by atoms with van der Waals surface area (Å²) in [5.41, 5.74) is -0.729. The number of halogens is 1. The van der Waals surface area contributed by atoms with Crippen molar-refractivity contribution in [3.05, 3.63) is 23.5 Å². The molecule has 0 radical (unpaired) electrons. The molecule has 1 saturated heterocycles. The first-order chi connectivity index (χ1) is 11.1. The van der Waals surface area contributed by atoms with Crippen molar-refractivity contribution in [2.45, 2.75) is 38.9 Å². The number of nitriles is 1. The molecule has 0 saturated carbocycles. The van der Waals surface area contributed by atoms with Gasteiger partial charge in [0.25, 0.3) is 0 Å². The molecule has 0 aromatic heterocycles. The molecule has 0 aliphatic carbocycles. The monoisotopic (exact) mass is 334 g/mol. The lowest BCUT2D eigenvalue weighted by Crippen LogP contribution is -2.41. The van der Waals surface area contributed by atoms with E-state index in [-0.39, 0.29) is 11.0 Å². The molecule has 0 amide bonds. The molecule has 0 atom stereocenters. The Balaban J connectivity index is 2.30. The first-order valence-electron chi connectivity index (χ1n) is 7.94. The molecule has 24 heavy (non-hydrogen) atoms. The van der Waals surface area contributed by atoms with Crippen LogP contribution in [-0.2, 0) is 9.31 Å². The minimum Gasteiger partial charge on any atom is -0.491 e. The fraction of sp³-hybridized carbons (Fsp3) is 0.588. The third-order valence-electron chi connectivity index (χ3n) is 4.52. The summed E-state index contributed by atoms with van der Waals surface area (Å²) in [7, 11) is 3.02. The fourth-order valence-electron chi connectivity index (χ4n) is 2.26. The maximum absolute atomic E-state index is 14.4.